The van der Waals surface area contributed by atoms with Crippen molar-refractivity contribution in [2.45, 2.75) is 31.9 Å². The minimum atomic E-state index is -1.34. The van der Waals surface area contributed by atoms with Gasteiger partial charge >= 0.3 is 0 Å². The van der Waals surface area contributed by atoms with Crippen molar-refractivity contribution in [3.63, 3.8) is 0 Å². The third kappa shape index (κ3) is 2.26. The summed E-state index contributed by atoms with van der Waals surface area (Å²) in [5, 5.41) is 21.2. The molecule has 3 N–H and O–H groups in total. The van der Waals surface area contributed by atoms with Crippen molar-refractivity contribution in [1.29, 1.82) is 0 Å². The van der Waals surface area contributed by atoms with Crippen molar-refractivity contribution in [3.8, 4) is 0 Å². The summed E-state index contributed by atoms with van der Waals surface area (Å²) < 4.78 is 0. The lowest BCUT2D eigenvalue weighted by atomic mass is 9.76. The van der Waals surface area contributed by atoms with Crippen LogP contribution < -0.4 is 10.8 Å². The van der Waals surface area contributed by atoms with Gasteiger partial charge in [-0.25, -0.2) is 0 Å². The Kier molecular flexibility index (Phi) is 3.63. The van der Waals surface area contributed by atoms with Crippen molar-refractivity contribution < 1.29 is 19.8 Å². The zero-order valence-corrected chi connectivity index (χ0v) is 11.7. The van der Waals surface area contributed by atoms with E-state index in [2.05, 4.69) is 0 Å². The van der Waals surface area contributed by atoms with Gasteiger partial charge in [-0.15, -0.1) is 11.8 Å². The van der Waals surface area contributed by atoms with Crippen LogP contribution in [-0.4, -0.2) is 45.8 Å². The number of hydrogen-bond donors (Lipinski definition) is 2. The number of β-lactam (4-membered cyclic amide) rings is 1. The molecule has 2 aliphatic rings. The summed E-state index contributed by atoms with van der Waals surface area (Å²) in [6.45, 7) is 3.56. The second-order valence-electron chi connectivity index (χ2n) is 5.31. The van der Waals surface area contributed by atoms with Crippen molar-refractivity contribution in [2.75, 3.05) is 12.3 Å². The van der Waals surface area contributed by atoms with Crippen molar-refractivity contribution in [2.24, 2.45) is 11.7 Å². The van der Waals surface area contributed by atoms with Gasteiger partial charge < -0.3 is 25.6 Å². The Bertz CT molecular complexity index is 455. The van der Waals surface area contributed by atoms with Crippen LogP contribution in [0, 0.1) is 5.92 Å². The average Bonchev–Trinajstić information content (AvgIpc) is 2.58. The molecule has 19 heavy (non-hydrogen) atoms. The van der Waals surface area contributed by atoms with E-state index >= 15 is 0 Å². The minimum Gasteiger partial charge on any atom is -0.543 e. The number of hydrogen-bond acceptors (Lipinski definition) is 6. The molecule has 106 valence electrons. The Morgan fingerprint density at radius 3 is 2.74 bits per heavy atom. The highest BCUT2D eigenvalue weighted by molar-refractivity contribution is 8.03. The molecule has 0 aromatic heterocycles. The van der Waals surface area contributed by atoms with E-state index in [1.165, 1.54) is 16.7 Å². The smallest absolute Gasteiger partial charge is 0.235 e. The number of carbonyl (C=O) groups excluding carboxylic acids is 2. The number of nitrogens with zero attached hydrogens (tertiary/aromatic N) is 1. The molecule has 0 bridgehead atoms. The van der Waals surface area contributed by atoms with Gasteiger partial charge in [0.2, 0.25) is 5.91 Å². The minimum absolute atomic E-state index is 0.0473. The standard InChI is InChI=1S/C12H18N2O4S/c1-12(2,18)8-6-5-7(19-4-3-13)9(11(16)17)14(6)10(8)15/h6,8,18H,3-5,13H2,1-2H3,(H,16,17)/p-1/t6-,8+/m1/s1. The van der Waals surface area contributed by atoms with Crippen molar-refractivity contribution in [1.82, 2.24) is 4.90 Å². The number of amides is 1. The molecule has 1 fully saturated rings. The van der Waals surface area contributed by atoms with Crippen LogP contribution in [0.25, 0.3) is 0 Å². The van der Waals surface area contributed by atoms with Crippen LogP contribution in [0.1, 0.15) is 20.3 Å². The number of aliphatic hydroxyl groups is 1. The summed E-state index contributed by atoms with van der Waals surface area (Å²) >= 11 is 1.34. The maximum absolute atomic E-state index is 12.0. The average molecular weight is 285 g/mol. The first kappa shape index (κ1) is 14.4. The fraction of sp³-hybridized carbons (Fsp3) is 0.667. The van der Waals surface area contributed by atoms with Crippen LogP contribution in [0.3, 0.4) is 0 Å². The number of nitrogens with two attached hydrogens (primary N) is 1. The molecule has 0 spiro atoms. The lowest BCUT2D eigenvalue weighted by Crippen LogP contribution is -2.65. The van der Waals surface area contributed by atoms with Crippen LogP contribution in [0.4, 0.5) is 0 Å². The fourth-order valence-corrected chi connectivity index (χ4v) is 3.72. The molecule has 0 aromatic rings. The van der Waals surface area contributed by atoms with E-state index in [0.29, 0.717) is 23.6 Å². The molecular formula is C12H17N2O4S-. The summed E-state index contributed by atoms with van der Waals surface area (Å²) in [4.78, 5) is 25.1. The number of rotatable bonds is 5. The van der Waals surface area contributed by atoms with E-state index in [9.17, 15) is 19.8 Å². The molecule has 0 saturated carbocycles. The molecule has 1 saturated heterocycles. The largest absolute Gasteiger partial charge is 0.543 e. The molecule has 2 aliphatic heterocycles. The lowest BCUT2D eigenvalue weighted by molar-refractivity contribution is -0.301. The molecule has 0 radical (unpaired) electrons. The maximum Gasteiger partial charge on any atom is 0.235 e. The highest BCUT2D eigenvalue weighted by Crippen LogP contribution is 2.48. The van der Waals surface area contributed by atoms with Gasteiger partial charge in [0.1, 0.15) is 0 Å². The summed E-state index contributed by atoms with van der Waals surface area (Å²) in [6, 6.07) is -0.277. The van der Waals surface area contributed by atoms with E-state index in [4.69, 9.17) is 5.73 Å². The monoisotopic (exact) mass is 285 g/mol. The first-order valence-corrected chi connectivity index (χ1v) is 7.10. The third-order valence-corrected chi connectivity index (χ3v) is 4.62. The van der Waals surface area contributed by atoms with Crippen LogP contribution in [0.15, 0.2) is 10.6 Å². The number of carboxylic acids is 1. The highest BCUT2D eigenvalue weighted by atomic mass is 32.2. The topological polar surface area (TPSA) is 107 Å². The lowest BCUT2D eigenvalue weighted by Gasteiger charge is -2.49. The number of thioether (sulfide) groups is 1. The predicted octanol–water partition coefficient (Wildman–Crippen LogP) is -1.36. The van der Waals surface area contributed by atoms with Crippen LogP contribution in [-0.2, 0) is 9.59 Å². The summed E-state index contributed by atoms with van der Waals surface area (Å²) in [5.41, 5.74) is 4.21. The number of carbonyl (C=O) groups is 2. The Labute approximate surface area is 115 Å². The quantitative estimate of drug-likeness (QED) is 0.604. The molecular weight excluding hydrogens is 268 g/mol. The molecule has 2 rings (SSSR count). The number of fused-ring (bicyclic) bond motifs is 1. The normalized spacial score (nSPS) is 26.5. The molecule has 2 atom stereocenters. The predicted molar refractivity (Wildman–Crippen MR) is 68.6 cm³/mol. The Morgan fingerprint density at radius 2 is 2.26 bits per heavy atom. The van der Waals surface area contributed by atoms with Crippen LogP contribution in [0.5, 0.6) is 0 Å². The summed E-state index contributed by atoms with van der Waals surface area (Å²) in [7, 11) is 0. The van der Waals surface area contributed by atoms with Gasteiger partial charge in [0, 0.05) is 23.6 Å². The second-order valence-corrected chi connectivity index (χ2v) is 6.50. The third-order valence-electron chi connectivity index (χ3n) is 3.47. The van der Waals surface area contributed by atoms with E-state index in [1.807, 2.05) is 0 Å². The molecule has 0 aromatic carbocycles. The molecule has 7 heteroatoms. The molecule has 6 nitrogen and oxygen atoms in total. The maximum atomic E-state index is 12.0. The zero-order valence-electron chi connectivity index (χ0n) is 10.9. The summed E-state index contributed by atoms with van der Waals surface area (Å²) in [5.74, 6) is -1.66. The second kappa shape index (κ2) is 4.81. The van der Waals surface area contributed by atoms with E-state index in [0.717, 1.165) is 0 Å². The molecule has 1 amide bonds. The Morgan fingerprint density at radius 1 is 1.63 bits per heavy atom. The van der Waals surface area contributed by atoms with E-state index in [1.54, 1.807) is 13.8 Å². The van der Waals surface area contributed by atoms with Crippen molar-refractivity contribution >= 4 is 23.6 Å². The van der Waals surface area contributed by atoms with Gasteiger partial charge in [0.05, 0.1) is 29.2 Å². The van der Waals surface area contributed by atoms with Gasteiger partial charge in [-0.2, -0.15) is 0 Å². The van der Waals surface area contributed by atoms with Crippen molar-refractivity contribution in [3.05, 3.63) is 10.6 Å². The van der Waals surface area contributed by atoms with Gasteiger partial charge in [-0.3, -0.25) is 4.79 Å². The fourth-order valence-electron chi connectivity index (χ4n) is 2.75. The van der Waals surface area contributed by atoms with Crippen LogP contribution >= 0.6 is 11.8 Å². The molecule has 0 unspecified atom stereocenters. The molecule has 2 heterocycles. The van der Waals surface area contributed by atoms with E-state index in [-0.39, 0.29) is 17.6 Å². The zero-order chi connectivity index (χ0) is 14.4. The first-order valence-electron chi connectivity index (χ1n) is 6.11. The van der Waals surface area contributed by atoms with Gasteiger partial charge in [0.15, 0.2) is 0 Å². The summed E-state index contributed by atoms with van der Waals surface area (Å²) in [6.07, 6.45) is 0.453. The SMILES string of the molecule is CC(C)(O)[C@@H]1C(=O)N2C(C(=O)[O-])=C(SCCN)C[C@H]12. The first-order chi connectivity index (χ1) is 8.79. The van der Waals surface area contributed by atoms with E-state index < -0.39 is 17.5 Å². The van der Waals surface area contributed by atoms with Gasteiger partial charge in [0.25, 0.3) is 0 Å². The van der Waals surface area contributed by atoms with Gasteiger partial charge in [-0.05, 0) is 13.8 Å². The van der Waals surface area contributed by atoms with Gasteiger partial charge in [-0.1, -0.05) is 0 Å². The van der Waals surface area contributed by atoms with Crippen LogP contribution in [0.2, 0.25) is 0 Å². The Balaban J connectivity index is 2.24. The number of aliphatic carboxylic acids is 1. The Hall–Kier alpha value is -1.05. The number of carboxylic acid groups (broad SMARTS) is 1. The highest BCUT2D eigenvalue weighted by Gasteiger charge is 2.58. The molecule has 0 aliphatic carbocycles.